The van der Waals surface area contributed by atoms with Gasteiger partial charge in [0, 0.05) is 6.61 Å². The summed E-state index contributed by atoms with van der Waals surface area (Å²) in [5.74, 6) is -0.0948. The molecule has 1 atom stereocenters. The molecule has 0 aromatic heterocycles. The fraction of sp³-hybridized carbons (Fsp3) is 0.500. The molecule has 1 spiro atoms. The highest BCUT2D eigenvalue weighted by Crippen LogP contribution is 2.40. The van der Waals surface area contributed by atoms with E-state index in [0.717, 1.165) is 18.6 Å². The predicted molar refractivity (Wildman–Crippen MR) is 63.8 cm³/mol. The van der Waals surface area contributed by atoms with Crippen LogP contribution in [0, 0.1) is 0 Å². The van der Waals surface area contributed by atoms with Gasteiger partial charge in [-0.2, -0.15) is 13.2 Å². The van der Waals surface area contributed by atoms with E-state index in [0.29, 0.717) is 19.6 Å². The molecule has 1 saturated heterocycles. The molecule has 0 N–H and O–H groups in total. The summed E-state index contributed by atoms with van der Waals surface area (Å²) in [6.45, 7) is 0.929. The van der Waals surface area contributed by atoms with Gasteiger partial charge in [0.15, 0.2) is 5.78 Å². The zero-order valence-corrected chi connectivity index (χ0v) is 10.6. The van der Waals surface area contributed by atoms with Crippen molar-refractivity contribution in [3.8, 4) is 5.75 Å². The maximum Gasteiger partial charge on any atom is 0.416 e. The summed E-state index contributed by atoms with van der Waals surface area (Å²) in [4.78, 5) is 12.1. The Labute approximate surface area is 113 Å². The maximum absolute atomic E-state index is 12.7. The summed E-state index contributed by atoms with van der Waals surface area (Å²) in [5.41, 5.74) is -1.53. The van der Waals surface area contributed by atoms with Crippen molar-refractivity contribution >= 4 is 5.78 Å². The Hall–Kier alpha value is -1.56. The summed E-state index contributed by atoms with van der Waals surface area (Å²) in [6, 6.07) is 3.04. The largest absolute Gasteiger partial charge is 0.484 e. The first kappa shape index (κ1) is 13.4. The van der Waals surface area contributed by atoms with Crippen LogP contribution in [0.5, 0.6) is 5.75 Å². The quantitative estimate of drug-likeness (QED) is 0.734. The Morgan fingerprint density at radius 1 is 1.25 bits per heavy atom. The molecule has 20 heavy (non-hydrogen) atoms. The molecule has 3 nitrogen and oxygen atoms in total. The van der Waals surface area contributed by atoms with Gasteiger partial charge in [0.25, 0.3) is 0 Å². The second-order valence-electron chi connectivity index (χ2n) is 5.25. The number of halogens is 3. The van der Waals surface area contributed by atoms with Gasteiger partial charge in [-0.1, -0.05) is 0 Å². The van der Waals surface area contributed by atoms with E-state index in [2.05, 4.69) is 0 Å². The van der Waals surface area contributed by atoms with Crippen LogP contribution in [0.2, 0.25) is 0 Å². The third-order valence-electron chi connectivity index (χ3n) is 3.70. The zero-order valence-electron chi connectivity index (χ0n) is 10.6. The third-order valence-corrected chi connectivity index (χ3v) is 3.70. The summed E-state index contributed by atoms with van der Waals surface area (Å²) >= 11 is 0. The van der Waals surface area contributed by atoms with Crippen LogP contribution in [0.3, 0.4) is 0 Å². The van der Waals surface area contributed by atoms with Crippen LogP contribution < -0.4 is 4.74 Å². The summed E-state index contributed by atoms with van der Waals surface area (Å²) in [6.07, 6.45) is -2.93. The second kappa shape index (κ2) is 4.48. The number of hydrogen-bond donors (Lipinski definition) is 0. The van der Waals surface area contributed by atoms with Crippen molar-refractivity contribution in [3.63, 3.8) is 0 Å². The van der Waals surface area contributed by atoms with Crippen molar-refractivity contribution in [2.24, 2.45) is 0 Å². The van der Waals surface area contributed by atoms with Gasteiger partial charge in [-0.3, -0.25) is 4.79 Å². The maximum atomic E-state index is 12.7. The first-order chi connectivity index (χ1) is 9.40. The Kier molecular flexibility index (Phi) is 3.01. The molecule has 1 aromatic rings. The lowest BCUT2D eigenvalue weighted by atomic mass is 9.85. The van der Waals surface area contributed by atoms with Gasteiger partial charge in [0.2, 0.25) is 0 Å². The minimum Gasteiger partial charge on any atom is -0.484 e. The Morgan fingerprint density at radius 3 is 2.70 bits per heavy atom. The third kappa shape index (κ3) is 2.28. The lowest BCUT2D eigenvalue weighted by Crippen LogP contribution is -2.48. The van der Waals surface area contributed by atoms with Gasteiger partial charge in [0.05, 0.1) is 24.2 Å². The van der Waals surface area contributed by atoms with Gasteiger partial charge in [0.1, 0.15) is 11.4 Å². The molecule has 0 radical (unpaired) electrons. The molecule has 0 aliphatic carbocycles. The van der Waals surface area contributed by atoms with Gasteiger partial charge < -0.3 is 9.47 Å². The van der Waals surface area contributed by atoms with Crippen LogP contribution in [0.25, 0.3) is 0 Å². The number of benzene rings is 1. The van der Waals surface area contributed by atoms with Gasteiger partial charge >= 0.3 is 6.18 Å². The SMILES string of the molecule is O=C1CC2(CCCOC2)Oc2ccc(C(F)(F)F)cc21. The molecule has 108 valence electrons. The van der Waals surface area contributed by atoms with Gasteiger partial charge in [-0.15, -0.1) is 0 Å². The summed E-state index contributed by atoms with van der Waals surface area (Å²) in [5, 5.41) is 0. The predicted octanol–water partition coefficient (Wildman–Crippen LogP) is 3.22. The minimum absolute atomic E-state index is 0.0102. The van der Waals surface area contributed by atoms with E-state index >= 15 is 0 Å². The number of carbonyl (C=O) groups excluding carboxylic acids is 1. The fourth-order valence-corrected chi connectivity index (χ4v) is 2.72. The average molecular weight is 286 g/mol. The topological polar surface area (TPSA) is 35.5 Å². The molecule has 0 saturated carbocycles. The van der Waals surface area contributed by atoms with Crippen LogP contribution in [-0.4, -0.2) is 24.6 Å². The molecule has 1 fully saturated rings. The van der Waals surface area contributed by atoms with E-state index < -0.39 is 17.3 Å². The molecular weight excluding hydrogens is 273 g/mol. The standard InChI is InChI=1S/C14H13F3O3/c15-14(16,17)9-2-3-12-10(6-9)11(18)7-13(20-12)4-1-5-19-8-13/h2-3,6H,1,4-5,7-8H2. The summed E-state index contributed by atoms with van der Waals surface area (Å²) in [7, 11) is 0. The Morgan fingerprint density at radius 2 is 2.05 bits per heavy atom. The van der Waals surface area contributed by atoms with E-state index in [1.54, 1.807) is 0 Å². The Balaban J connectivity index is 1.96. The van der Waals surface area contributed by atoms with Crippen molar-refractivity contribution in [2.75, 3.05) is 13.2 Å². The number of fused-ring (bicyclic) bond motifs is 1. The van der Waals surface area contributed by atoms with Crippen molar-refractivity contribution in [3.05, 3.63) is 29.3 Å². The summed E-state index contributed by atoms with van der Waals surface area (Å²) < 4.78 is 49.1. The van der Waals surface area contributed by atoms with Crippen molar-refractivity contribution < 1.29 is 27.4 Å². The van der Waals surface area contributed by atoms with Crippen LogP contribution >= 0.6 is 0 Å². The van der Waals surface area contributed by atoms with Crippen molar-refractivity contribution in [2.45, 2.75) is 31.0 Å². The van der Waals surface area contributed by atoms with Crippen molar-refractivity contribution in [1.29, 1.82) is 0 Å². The highest BCUT2D eigenvalue weighted by Gasteiger charge is 2.43. The normalized spacial score (nSPS) is 26.2. The molecule has 2 heterocycles. The molecule has 1 unspecified atom stereocenters. The van der Waals surface area contributed by atoms with Crippen LogP contribution in [0.1, 0.15) is 35.2 Å². The monoisotopic (exact) mass is 286 g/mol. The molecule has 1 aromatic carbocycles. The second-order valence-corrected chi connectivity index (χ2v) is 5.25. The first-order valence-corrected chi connectivity index (χ1v) is 6.41. The zero-order chi connectivity index (χ0) is 14.4. The average Bonchev–Trinajstić information content (AvgIpc) is 2.38. The van der Waals surface area contributed by atoms with E-state index in [9.17, 15) is 18.0 Å². The lowest BCUT2D eigenvalue weighted by Gasteiger charge is -2.40. The number of ether oxygens (including phenoxy) is 2. The van der Waals surface area contributed by atoms with Crippen LogP contribution in [0.15, 0.2) is 18.2 Å². The molecule has 0 amide bonds. The Bertz CT molecular complexity index is 545. The van der Waals surface area contributed by atoms with E-state index in [-0.39, 0.29) is 23.5 Å². The smallest absolute Gasteiger partial charge is 0.416 e. The lowest BCUT2D eigenvalue weighted by molar-refractivity contribution is -0.137. The number of hydrogen-bond acceptors (Lipinski definition) is 3. The molecule has 6 heteroatoms. The van der Waals surface area contributed by atoms with E-state index in [1.807, 2.05) is 0 Å². The molecule has 3 rings (SSSR count). The fourth-order valence-electron chi connectivity index (χ4n) is 2.72. The number of rotatable bonds is 0. The first-order valence-electron chi connectivity index (χ1n) is 6.41. The number of alkyl halides is 3. The molecular formula is C14H13F3O3. The molecule has 0 bridgehead atoms. The number of ketones is 1. The van der Waals surface area contributed by atoms with Gasteiger partial charge in [-0.05, 0) is 31.0 Å². The van der Waals surface area contributed by atoms with Crippen LogP contribution in [-0.2, 0) is 10.9 Å². The number of carbonyl (C=O) groups is 1. The molecule has 2 aliphatic rings. The molecule has 2 aliphatic heterocycles. The number of Topliss-reactive ketones (excluding diaryl/α,β-unsaturated/α-hetero) is 1. The minimum atomic E-state index is -4.46. The van der Waals surface area contributed by atoms with E-state index in [1.165, 1.54) is 6.07 Å². The van der Waals surface area contributed by atoms with Gasteiger partial charge in [-0.25, -0.2) is 0 Å². The highest BCUT2D eigenvalue weighted by molar-refractivity contribution is 6.00. The highest BCUT2D eigenvalue weighted by atomic mass is 19.4. The van der Waals surface area contributed by atoms with Crippen molar-refractivity contribution in [1.82, 2.24) is 0 Å². The van der Waals surface area contributed by atoms with Crippen LogP contribution in [0.4, 0.5) is 13.2 Å². The van der Waals surface area contributed by atoms with E-state index in [4.69, 9.17) is 9.47 Å².